The molecular weight excluding hydrogens is 356 g/mol. The highest BCUT2D eigenvalue weighted by atomic mass is 32.2. The van der Waals surface area contributed by atoms with Crippen LogP contribution in [0.4, 0.5) is 11.4 Å². The monoisotopic (exact) mass is 374 g/mol. The maximum Gasteiger partial charge on any atom is 0.317 e. The number of amides is 1. The molecule has 1 atom stereocenters. The van der Waals surface area contributed by atoms with Gasteiger partial charge in [0.15, 0.2) is 6.10 Å². The van der Waals surface area contributed by atoms with Crippen molar-refractivity contribution in [3.8, 4) is 0 Å². The molecule has 0 saturated heterocycles. The second-order valence-electron chi connectivity index (χ2n) is 5.45. The number of esters is 1. The molecule has 0 spiro atoms. The van der Waals surface area contributed by atoms with Crippen molar-refractivity contribution in [2.45, 2.75) is 24.8 Å². The fraction of sp³-hybridized carbons (Fsp3) is 0.222. The number of hydrogen-bond donors (Lipinski definition) is 1. The number of carbonyl (C=O) groups excluding carboxylic acids is 2. The molecule has 1 N–H and O–H groups in total. The van der Waals surface area contributed by atoms with E-state index < -0.39 is 22.9 Å². The minimum absolute atomic E-state index is 0.0553. The first-order valence-corrected chi connectivity index (χ1v) is 8.79. The van der Waals surface area contributed by atoms with Crippen LogP contribution in [-0.4, -0.2) is 28.7 Å². The van der Waals surface area contributed by atoms with Crippen molar-refractivity contribution in [2.24, 2.45) is 0 Å². The molecule has 0 unspecified atom stereocenters. The van der Waals surface area contributed by atoms with E-state index in [1.165, 1.54) is 36.9 Å². The number of aryl methyl sites for hydroxylation is 1. The number of anilines is 1. The van der Waals surface area contributed by atoms with Crippen LogP contribution in [-0.2, 0) is 14.3 Å². The van der Waals surface area contributed by atoms with Gasteiger partial charge in [0, 0.05) is 11.0 Å². The van der Waals surface area contributed by atoms with Crippen molar-refractivity contribution in [3.05, 3.63) is 64.2 Å². The number of nitro benzene ring substituents is 1. The van der Waals surface area contributed by atoms with Gasteiger partial charge < -0.3 is 10.1 Å². The Morgan fingerprint density at radius 2 is 1.85 bits per heavy atom. The van der Waals surface area contributed by atoms with Crippen molar-refractivity contribution in [2.75, 3.05) is 11.1 Å². The number of nitro groups is 1. The Labute approximate surface area is 154 Å². The van der Waals surface area contributed by atoms with Crippen LogP contribution in [0.15, 0.2) is 53.4 Å². The Hall–Kier alpha value is -2.87. The summed E-state index contributed by atoms with van der Waals surface area (Å²) in [6, 6.07) is 13.4. The Morgan fingerprint density at radius 3 is 2.54 bits per heavy atom. The molecule has 1 amide bonds. The number of para-hydroxylation sites is 2. The summed E-state index contributed by atoms with van der Waals surface area (Å²) in [7, 11) is 0. The summed E-state index contributed by atoms with van der Waals surface area (Å²) in [6.07, 6.45) is -1.07. The quantitative estimate of drug-likeness (QED) is 0.344. The van der Waals surface area contributed by atoms with E-state index in [9.17, 15) is 19.7 Å². The molecule has 136 valence electrons. The maximum atomic E-state index is 12.1. The number of ether oxygens (including phenoxy) is 1. The summed E-state index contributed by atoms with van der Waals surface area (Å²) in [5.41, 5.74) is 0.877. The van der Waals surface area contributed by atoms with Gasteiger partial charge in [0.25, 0.3) is 11.6 Å². The number of nitrogens with one attached hydrogen (secondary N) is 1. The average Bonchev–Trinajstić information content (AvgIpc) is 2.61. The number of nitrogens with zero attached hydrogens (tertiary/aromatic N) is 1. The van der Waals surface area contributed by atoms with E-state index in [4.69, 9.17) is 4.74 Å². The SMILES string of the molecule is Cc1ccccc1SCC(=O)O[C@H](C)C(=O)Nc1ccccc1[N+](=O)[O-]. The second kappa shape index (κ2) is 9.00. The Bertz CT molecular complexity index is 825. The van der Waals surface area contributed by atoms with Gasteiger partial charge in [-0.05, 0) is 31.5 Å². The Kier molecular flexibility index (Phi) is 6.74. The molecule has 0 aliphatic heterocycles. The molecule has 0 saturated carbocycles. The molecule has 0 bridgehead atoms. The molecule has 0 aliphatic carbocycles. The average molecular weight is 374 g/mol. The minimum atomic E-state index is -1.07. The lowest BCUT2D eigenvalue weighted by molar-refractivity contribution is -0.383. The third-order valence-corrected chi connectivity index (χ3v) is 4.62. The van der Waals surface area contributed by atoms with Crippen LogP contribution in [0.25, 0.3) is 0 Å². The largest absolute Gasteiger partial charge is 0.452 e. The second-order valence-corrected chi connectivity index (χ2v) is 6.47. The summed E-state index contributed by atoms with van der Waals surface area (Å²) in [6.45, 7) is 3.36. The minimum Gasteiger partial charge on any atom is -0.452 e. The Balaban J connectivity index is 1.90. The summed E-state index contributed by atoms with van der Waals surface area (Å²) in [5.74, 6) is -1.11. The van der Waals surface area contributed by atoms with Gasteiger partial charge in [0.1, 0.15) is 5.69 Å². The lowest BCUT2D eigenvalue weighted by Crippen LogP contribution is -2.30. The number of rotatable bonds is 7. The van der Waals surface area contributed by atoms with E-state index in [0.29, 0.717) is 0 Å². The molecule has 0 aromatic heterocycles. The molecule has 2 aromatic rings. The fourth-order valence-corrected chi connectivity index (χ4v) is 2.92. The van der Waals surface area contributed by atoms with Crippen LogP contribution in [0.3, 0.4) is 0 Å². The smallest absolute Gasteiger partial charge is 0.317 e. The zero-order chi connectivity index (χ0) is 19.1. The molecule has 0 heterocycles. The Morgan fingerprint density at radius 1 is 1.19 bits per heavy atom. The number of hydrogen-bond acceptors (Lipinski definition) is 6. The van der Waals surface area contributed by atoms with Gasteiger partial charge in [-0.1, -0.05) is 30.3 Å². The highest BCUT2D eigenvalue weighted by Gasteiger charge is 2.21. The molecule has 2 aromatic carbocycles. The van der Waals surface area contributed by atoms with Gasteiger partial charge in [-0.2, -0.15) is 0 Å². The van der Waals surface area contributed by atoms with Crippen LogP contribution in [0.1, 0.15) is 12.5 Å². The van der Waals surface area contributed by atoms with Crippen LogP contribution in [0.2, 0.25) is 0 Å². The topological polar surface area (TPSA) is 98.5 Å². The molecule has 26 heavy (non-hydrogen) atoms. The van der Waals surface area contributed by atoms with Gasteiger partial charge in [-0.3, -0.25) is 19.7 Å². The predicted octanol–water partition coefficient (Wildman–Crippen LogP) is 3.57. The zero-order valence-corrected chi connectivity index (χ0v) is 15.1. The normalized spacial score (nSPS) is 11.5. The highest BCUT2D eigenvalue weighted by molar-refractivity contribution is 8.00. The molecule has 0 radical (unpaired) electrons. The van der Waals surface area contributed by atoms with Gasteiger partial charge in [0.2, 0.25) is 0 Å². The van der Waals surface area contributed by atoms with Crippen molar-refractivity contribution >= 4 is 35.0 Å². The fourth-order valence-electron chi connectivity index (χ4n) is 2.11. The van der Waals surface area contributed by atoms with Crippen molar-refractivity contribution in [1.82, 2.24) is 0 Å². The van der Waals surface area contributed by atoms with Crippen molar-refractivity contribution < 1.29 is 19.2 Å². The molecule has 0 fully saturated rings. The first-order valence-electron chi connectivity index (χ1n) is 7.80. The van der Waals surface area contributed by atoms with Gasteiger partial charge >= 0.3 is 5.97 Å². The van der Waals surface area contributed by atoms with Crippen molar-refractivity contribution in [1.29, 1.82) is 0 Å². The summed E-state index contributed by atoms with van der Waals surface area (Å²) in [4.78, 5) is 35.4. The van der Waals surface area contributed by atoms with Crippen LogP contribution < -0.4 is 5.32 Å². The maximum absolute atomic E-state index is 12.1. The van der Waals surface area contributed by atoms with E-state index in [0.717, 1.165) is 10.5 Å². The lowest BCUT2D eigenvalue weighted by Gasteiger charge is -2.13. The van der Waals surface area contributed by atoms with Crippen LogP contribution >= 0.6 is 11.8 Å². The summed E-state index contributed by atoms with van der Waals surface area (Å²) >= 11 is 1.32. The number of thioether (sulfide) groups is 1. The van der Waals surface area contributed by atoms with E-state index in [1.807, 2.05) is 31.2 Å². The van der Waals surface area contributed by atoms with Gasteiger partial charge in [-0.15, -0.1) is 11.8 Å². The van der Waals surface area contributed by atoms with E-state index in [2.05, 4.69) is 5.32 Å². The third-order valence-electron chi connectivity index (χ3n) is 3.48. The van der Waals surface area contributed by atoms with E-state index >= 15 is 0 Å². The first kappa shape index (κ1) is 19.5. The molecule has 0 aliphatic rings. The standard InChI is InChI=1S/C18H18N2O5S/c1-12-7-3-6-10-16(12)26-11-17(21)25-13(2)18(22)19-14-8-4-5-9-15(14)20(23)24/h3-10,13H,11H2,1-2H3,(H,19,22)/t13-/m1/s1. The number of carbonyl (C=O) groups is 2. The van der Waals surface area contributed by atoms with Crippen molar-refractivity contribution in [3.63, 3.8) is 0 Å². The van der Waals surface area contributed by atoms with E-state index in [1.54, 1.807) is 6.07 Å². The highest BCUT2D eigenvalue weighted by Crippen LogP contribution is 2.24. The zero-order valence-electron chi connectivity index (χ0n) is 14.3. The van der Waals surface area contributed by atoms with Gasteiger partial charge in [-0.25, -0.2) is 0 Å². The lowest BCUT2D eigenvalue weighted by atomic mass is 10.2. The van der Waals surface area contributed by atoms with Gasteiger partial charge in [0.05, 0.1) is 10.7 Å². The molecule has 8 heteroatoms. The molecule has 7 nitrogen and oxygen atoms in total. The number of benzene rings is 2. The summed E-state index contributed by atoms with van der Waals surface area (Å²) in [5, 5.41) is 13.4. The molecular formula is C18H18N2O5S. The third kappa shape index (κ3) is 5.32. The summed E-state index contributed by atoms with van der Waals surface area (Å²) < 4.78 is 5.10. The molecule has 2 rings (SSSR count). The first-order chi connectivity index (χ1) is 12.4. The predicted molar refractivity (Wildman–Crippen MR) is 99.2 cm³/mol. The van der Waals surface area contributed by atoms with Crippen LogP contribution in [0, 0.1) is 17.0 Å². The van der Waals surface area contributed by atoms with E-state index in [-0.39, 0.29) is 17.1 Å². The van der Waals surface area contributed by atoms with Crippen LogP contribution in [0.5, 0.6) is 0 Å².